The zero-order valence-corrected chi connectivity index (χ0v) is 12.8. The number of aromatic nitrogens is 4. The molecule has 3 aromatic rings. The molecule has 0 aliphatic carbocycles. The topological polar surface area (TPSA) is 61.7 Å². The molecule has 0 atom stereocenters. The van der Waals surface area contributed by atoms with Gasteiger partial charge in [0.1, 0.15) is 5.52 Å². The molecule has 1 aromatic carbocycles. The summed E-state index contributed by atoms with van der Waals surface area (Å²) < 4.78 is 3.94. The molecule has 0 saturated carbocycles. The van der Waals surface area contributed by atoms with Gasteiger partial charge in [-0.25, -0.2) is 4.98 Å². The third-order valence-electron chi connectivity index (χ3n) is 3.90. The highest BCUT2D eigenvalue weighted by Gasteiger charge is 2.17. The van der Waals surface area contributed by atoms with Crippen LogP contribution >= 0.6 is 0 Å². The first-order chi connectivity index (χ1) is 10.1. The molecular weight excluding hydrogens is 262 g/mol. The standard InChI is InChI=1S/C16H21N5/c1-4-7-13-14-15(20(3)19-13)21(16(17)18-14)10-12-9-6-5-8-11(12)2/h5-6,8-9H,4,7,10H2,1-3H3,(H2,17,18). The van der Waals surface area contributed by atoms with Gasteiger partial charge in [-0.15, -0.1) is 0 Å². The summed E-state index contributed by atoms with van der Waals surface area (Å²) in [4.78, 5) is 4.54. The number of nitrogens with zero attached hydrogens (tertiary/aromatic N) is 4. The third kappa shape index (κ3) is 2.28. The number of hydrogen-bond acceptors (Lipinski definition) is 3. The lowest BCUT2D eigenvalue weighted by Crippen LogP contribution is -2.08. The molecule has 0 saturated heterocycles. The number of hydrogen-bond donors (Lipinski definition) is 1. The van der Waals surface area contributed by atoms with Gasteiger partial charge in [0.15, 0.2) is 5.65 Å². The second-order valence-corrected chi connectivity index (χ2v) is 5.48. The molecule has 21 heavy (non-hydrogen) atoms. The first-order valence-electron chi connectivity index (χ1n) is 7.34. The second-order valence-electron chi connectivity index (χ2n) is 5.48. The lowest BCUT2D eigenvalue weighted by Gasteiger charge is -2.09. The van der Waals surface area contributed by atoms with Crippen molar-refractivity contribution in [2.45, 2.75) is 33.2 Å². The smallest absolute Gasteiger partial charge is 0.202 e. The van der Waals surface area contributed by atoms with Gasteiger partial charge in [-0.2, -0.15) is 5.10 Å². The molecule has 2 N–H and O–H groups in total. The minimum Gasteiger partial charge on any atom is -0.369 e. The van der Waals surface area contributed by atoms with Crippen LogP contribution in [0, 0.1) is 6.92 Å². The van der Waals surface area contributed by atoms with Crippen molar-refractivity contribution in [2.75, 3.05) is 5.73 Å². The van der Waals surface area contributed by atoms with E-state index in [1.165, 1.54) is 11.1 Å². The summed E-state index contributed by atoms with van der Waals surface area (Å²) in [5.74, 6) is 0.554. The van der Waals surface area contributed by atoms with Gasteiger partial charge < -0.3 is 5.73 Å². The fourth-order valence-electron chi connectivity index (χ4n) is 2.78. The van der Waals surface area contributed by atoms with E-state index in [2.05, 4.69) is 48.2 Å². The van der Waals surface area contributed by atoms with Crippen LogP contribution in [0.2, 0.25) is 0 Å². The Labute approximate surface area is 124 Å². The number of aryl methyl sites for hydroxylation is 3. The van der Waals surface area contributed by atoms with Crippen LogP contribution in [0.15, 0.2) is 24.3 Å². The van der Waals surface area contributed by atoms with E-state index in [-0.39, 0.29) is 0 Å². The van der Waals surface area contributed by atoms with Crippen molar-refractivity contribution >= 4 is 17.1 Å². The molecule has 0 radical (unpaired) electrons. The Morgan fingerprint density at radius 1 is 1.24 bits per heavy atom. The average molecular weight is 283 g/mol. The maximum absolute atomic E-state index is 6.14. The molecule has 2 aromatic heterocycles. The number of nitrogens with two attached hydrogens (primary N) is 1. The first-order valence-corrected chi connectivity index (χ1v) is 7.34. The Kier molecular flexibility index (Phi) is 3.41. The fourth-order valence-corrected chi connectivity index (χ4v) is 2.78. The average Bonchev–Trinajstić information content (AvgIpc) is 2.92. The highest BCUT2D eigenvalue weighted by atomic mass is 15.3. The van der Waals surface area contributed by atoms with Gasteiger partial charge in [0, 0.05) is 7.05 Å². The predicted molar refractivity (Wildman–Crippen MR) is 85.2 cm³/mol. The summed E-state index contributed by atoms with van der Waals surface area (Å²) >= 11 is 0. The Morgan fingerprint density at radius 2 is 2.00 bits per heavy atom. The van der Waals surface area contributed by atoms with E-state index in [4.69, 9.17) is 5.73 Å². The molecule has 5 nitrogen and oxygen atoms in total. The Bertz CT molecular complexity index is 781. The van der Waals surface area contributed by atoms with E-state index >= 15 is 0 Å². The molecule has 110 valence electrons. The summed E-state index contributed by atoms with van der Waals surface area (Å²) in [5.41, 5.74) is 11.6. The van der Waals surface area contributed by atoms with Gasteiger partial charge in [-0.05, 0) is 24.5 Å². The number of imidazole rings is 1. The molecule has 3 rings (SSSR count). The van der Waals surface area contributed by atoms with E-state index in [0.29, 0.717) is 5.95 Å². The minimum absolute atomic E-state index is 0.554. The van der Waals surface area contributed by atoms with E-state index in [9.17, 15) is 0 Å². The van der Waals surface area contributed by atoms with Crippen molar-refractivity contribution in [1.29, 1.82) is 0 Å². The van der Waals surface area contributed by atoms with E-state index < -0.39 is 0 Å². The van der Waals surface area contributed by atoms with Crippen LogP contribution in [0.4, 0.5) is 5.95 Å². The predicted octanol–water partition coefficient (Wildman–Crippen LogP) is 2.66. The van der Waals surface area contributed by atoms with Crippen molar-refractivity contribution < 1.29 is 0 Å². The summed E-state index contributed by atoms with van der Waals surface area (Å²) in [6.45, 7) is 4.99. The van der Waals surface area contributed by atoms with Crippen molar-refractivity contribution in [2.24, 2.45) is 7.05 Å². The highest BCUT2D eigenvalue weighted by molar-refractivity contribution is 5.78. The Balaban J connectivity index is 2.10. The largest absolute Gasteiger partial charge is 0.369 e. The zero-order valence-electron chi connectivity index (χ0n) is 12.8. The summed E-state index contributed by atoms with van der Waals surface area (Å²) in [7, 11) is 1.96. The van der Waals surface area contributed by atoms with E-state index in [1.54, 1.807) is 0 Å². The van der Waals surface area contributed by atoms with Gasteiger partial charge in [-0.3, -0.25) is 9.25 Å². The van der Waals surface area contributed by atoms with Crippen molar-refractivity contribution in [1.82, 2.24) is 19.3 Å². The lowest BCUT2D eigenvalue weighted by molar-refractivity contribution is 0.711. The third-order valence-corrected chi connectivity index (χ3v) is 3.90. The van der Waals surface area contributed by atoms with Gasteiger partial charge in [0.25, 0.3) is 0 Å². The molecule has 0 aliphatic rings. The van der Waals surface area contributed by atoms with Crippen molar-refractivity contribution in [3.63, 3.8) is 0 Å². The fraction of sp³-hybridized carbons (Fsp3) is 0.375. The normalized spacial score (nSPS) is 11.4. The molecule has 0 fully saturated rings. The number of fused-ring (bicyclic) bond motifs is 1. The summed E-state index contributed by atoms with van der Waals surface area (Å²) in [6.07, 6.45) is 1.98. The van der Waals surface area contributed by atoms with E-state index in [0.717, 1.165) is 36.2 Å². The van der Waals surface area contributed by atoms with Crippen LogP contribution in [0.1, 0.15) is 30.2 Å². The van der Waals surface area contributed by atoms with Crippen LogP contribution in [0.3, 0.4) is 0 Å². The molecule has 0 amide bonds. The first kappa shape index (κ1) is 13.7. The highest BCUT2D eigenvalue weighted by Crippen LogP contribution is 2.23. The quantitative estimate of drug-likeness (QED) is 0.800. The Hall–Kier alpha value is -2.30. The van der Waals surface area contributed by atoms with Crippen LogP contribution in [-0.2, 0) is 20.0 Å². The molecule has 0 unspecified atom stereocenters. The van der Waals surface area contributed by atoms with Gasteiger partial charge in [0.05, 0.1) is 12.2 Å². The number of rotatable bonds is 4. The van der Waals surface area contributed by atoms with Gasteiger partial charge >= 0.3 is 0 Å². The second kappa shape index (κ2) is 5.24. The summed E-state index contributed by atoms with van der Waals surface area (Å²) in [6, 6.07) is 8.35. The van der Waals surface area contributed by atoms with Crippen LogP contribution in [0.25, 0.3) is 11.2 Å². The lowest BCUT2D eigenvalue weighted by atomic mass is 10.1. The van der Waals surface area contributed by atoms with Crippen molar-refractivity contribution in [3.8, 4) is 0 Å². The van der Waals surface area contributed by atoms with Crippen LogP contribution in [-0.4, -0.2) is 19.3 Å². The van der Waals surface area contributed by atoms with Crippen LogP contribution in [0.5, 0.6) is 0 Å². The number of nitrogen functional groups attached to an aromatic ring is 1. The molecule has 0 bridgehead atoms. The maximum Gasteiger partial charge on any atom is 0.202 e. The monoisotopic (exact) mass is 283 g/mol. The van der Waals surface area contributed by atoms with E-state index in [1.807, 2.05) is 16.3 Å². The summed E-state index contributed by atoms with van der Waals surface area (Å²) in [5, 5.41) is 4.58. The number of benzene rings is 1. The molecule has 5 heteroatoms. The molecular formula is C16H21N5. The Morgan fingerprint density at radius 3 is 2.71 bits per heavy atom. The SMILES string of the molecule is CCCc1nn(C)c2c1nc(N)n2Cc1ccccc1C. The zero-order chi connectivity index (χ0) is 15.0. The molecule has 0 aliphatic heterocycles. The van der Waals surface area contributed by atoms with Gasteiger partial charge in [-0.1, -0.05) is 37.6 Å². The van der Waals surface area contributed by atoms with Crippen molar-refractivity contribution in [3.05, 3.63) is 41.1 Å². The minimum atomic E-state index is 0.554. The van der Waals surface area contributed by atoms with Crippen LogP contribution < -0.4 is 5.73 Å². The van der Waals surface area contributed by atoms with Gasteiger partial charge in [0.2, 0.25) is 5.95 Å². The number of anilines is 1. The molecule has 2 heterocycles. The molecule has 0 spiro atoms. The maximum atomic E-state index is 6.14.